The molecule has 0 unspecified atom stereocenters. The first-order valence-corrected chi connectivity index (χ1v) is 12.6. The highest BCUT2D eigenvalue weighted by molar-refractivity contribution is 7.93. The lowest BCUT2D eigenvalue weighted by molar-refractivity contribution is -0.00518. The summed E-state index contributed by atoms with van der Waals surface area (Å²) in [5, 5.41) is 13.4. The second-order valence-electron chi connectivity index (χ2n) is 9.04. The fourth-order valence-electron chi connectivity index (χ4n) is 6.34. The summed E-state index contributed by atoms with van der Waals surface area (Å²) in [4.78, 5) is 1.31. The summed E-state index contributed by atoms with van der Waals surface area (Å²) in [7, 11) is -3.71. The van der Waals surface area contributed by atoms with Gasteiger partial charge in [0, 0.05) is 0 Å². The van der Waals surface area contributed by atoms with Crippen molar-refractivity contribution < 1.29 is 8.42 Å². The first-order chi connectivity index (χ1) is 14.0. The van der Waals surface area contributed by atoms with E-state index in [9.17, 15) is 8.42 Å². The lowest BCUT2D eigenvalue weighted by Crippen LogP contribution is -2.48. The maximum absolute atomic E-state index is 12.6. The molecule has 150 valence electrons. The van der Waals surface area contributed by atoms with Crippen molar-refractivity contribution in [2.75, 3.05) is 0 Å². The van der Waals surface area contributed by atoms with Gasteiger partial charge >= 0.3 is 0 Å². The molecule has 0 aliphatic heterocycles. The van der Waals surface area contributed by atoms with Gasteiger partial charge in [-0.2, -0.15) is 0 Å². The van der Waals surface area contributed by atoms with Gasteiger partial charge in [-0.25, -0.2) is 8.42 Å². The third-order valence-electron chi connectivity index (χ3n) is 7.14. The molecule has 0 amide bonds. The average molecular weight is 427 g/mol. The van der Waals surface area contributed by atoms with E-state index in [1.165, 1.54) is 48.9 Å². The number of rotatable bonds is 4. The van der Waals surface area contributed by atoms with E-state index < -0.39 is 9.84 Å². The van der Waals surface area contributed by atoms with Crippen molar-refractivity contribution in [2.45, 2.75) is 53.3 Å². The number of aromatic nitrogens is 4. The Morgan fingerprint density at radius 1 is 0.966 bits per heavy atom. The average Bonchev–Trinajstić information content (AvgIpc) is 3.40. The van der Waals surface area contributed by atoms with E-state index in [1.807, 2.05) is 12.1 Å². The molecule has 4 aliphatic carbocycles. The zero-order valence-electron chi connectivity index (χ0n) is 15.9. The van der Waals surface area contributed by atoms with Gasteiger partial charge in [-0.05, 0) is 96.0 Å². The Morgan fingerprint density at radius 2 is 1.62 bits per heavy atom. The lowest BCUT2D eigenvalue weighted by atomic mass is 9.48. The molecule has 2 aromatic heterocycles. The maximum Gasteiger partial charge on any atom is 0.294 e. The maximum atomic E-state index is 12.6. The third kappa shape index (κ3) is 2.79. The Bertz CT molecular complexity index is 1110. The minimum absolute atomic E-state index is 0.231. The molecule has 4 saturated carbocycles. The monoisotopic (exact) mass is 426 g/mol. The van der Waals surface area contributed by atoms with Gasteiger partial charge in [-0.1, -0.05) is 23.3 Å². The molecule has 6 nitrogen and oxygen atoms in total. The molecular formula is C21H22N4O2S2. The largest absolute Gasteiger partial charge is 0.294 e. The van der Waals surface area contributed by atoms with Crippen LogP contribution >= 0.6 is 11.3 Å². The van der Waals surface area contributed by atoms with E-state index in [0.717, 1.165) is 34.8 Å². The predicted molar refractivity (Wildman–Crippen MR) is 109 cm³/mol. The normalized spacial score (nSPS) is 30.7. The van der Waals surface area contributed by atoms with Gasteiger partial charge in [0.25, 0.3) is 15.0 Å². The second kappa shape index (κ2) is 6.22. The van der Waals surface area contributed by atoms with Gasteiger partial charge in [-0.15, -0.1) is 21.2 Å². The fraction of sp³-hybridized carbons (Fsp3) is 0.476. The number of sulfone groups is 1. The number of hydrogen-bond donors (Lipinski definition) is 0. The Labute approximate surface area is 173 Å². The molecule has 4 aliphatic rings. The van der Waals surface area contributed by atoms with Crippen LogP contribution in [-0.2, 0) is 15.3 Å². The van der Waals surface area contributed by atoms with Crippen LogP contribution in [0.3, 0.4) is 0 Å². The molecule has 0 N–H and O–H groups in total. The van der Waals surface area contributed by atoms with Crippen LogP contribution in [0, 0.1) is 17.8 Å². The Kier molecular flexibility index (Phi) is 3.81. The third-order valence-corrected chi connectivity index (χ3v) is 10.1. The smallest absolute Gasteiger partial charge is 0.214 e. The van der Waals surface area contributed by atoms with Gasteiger partial charge < -0.3 is 0 Å². The molecule has 0 radical (unpaired) electrons. The first-order valence-electron chi connectivity index (χ1n) is 10.2. The van der Waals surface area contributed by atoms with Gasteiger partial charge in [0.15, 0.2) is 0 Å². The standard InChI is InChI=1S/C21H22N4O2S2/c26-29(27,19-2-1-7-28-19)20-22-24-25(23-20)18-5-3-17(4-6-18)21-11-14-8-15(12-21)10-16(9-14)13-21/h1-7,14-16H,8-13H2. The second-order valence-corrected chi connectivity index (χ2v) is 12.1. The molecule has 1 aromatic carbocycles. The minimum atomic E-state index is -3.71. The van der Waals surface area contributed by atoms with Gasteiger partial charge in [0.1, 0.15) is 4.21 Å². The summed E-state index contributed by atoms with van der Waals surface area (Å²) in [5.41, 5.74) is 2.50. The van der Waals surface area contributed by atoms with E-state index in [-0.39, 0.29) is 9.37 Å². The van der Waals surface area contributed by atoms with Crippen LogP contribution in [0.1, 0.15) is 44.1 Å². The van der Waals surface area contributed by atoms with E-state index in [1.54, 1.807) is 17.5 Å². The number of benzene rings is 1. The van der Waals surface area contributed by atoms with Crippen molar-refractivity contribution in [1.82, 2.24) is 20.2 Å². The van der Waals surface area contributed by atoms with Crippen LogP contribution in [0.15, 0.2) is 51.1 Å². The van der Waals surface area contributed by atoms with Crippen LogP contribution in [0.2, 0.25) is 0 Å². The van der Waals surface area contributed by atoms with Crippen molar-refractivity contribution in [3.8, 4) is 5.69 Å². The molecule has 3 aromatic rings. The number of thiophene rings is 1. The molecule has 0 atom stereocenters. The van der Waals surface area contributed by atoms with Crippen molar-refractivity contribution in [3.63, 3.8) is 0 Å². The molecule has 0 saturated heterocycles. The summed E-state index contributed by atoms with van der Waals surface area (Å²) < 4.78 is 25.4. The van der Waals surface area contributed by atoms with E-state index >= 15 is 0 Å². The highest BCUT2D eigenvalue weighted by atomic mass is 32.2. The molecule has 29 heavy (non-hydrogen) atoms. The molecule has 7 rings (SSSR count). The quantitative estimate of drug-likeness (QED) is 0.630. The van der Waals surface area contributed by atoms with Crippen molar-refractivity contribution in [2.24, 2.45) is 17.8 Å². The lowest BCUT2D eigenvalue weighted by Gasteiger charge is -2.57. The fourth-order valence-corrected chi connectivity index (χ4v) is 8.45. The summed E-state index contributed by atoms with van der Waals surface area (Å²) in [6.07, 6.45) is 8.26. The highest BCUT2D eigenvalue weighted by Gasteiger charge is 2.51. The molecule has 4 bridgehead atoms. The minimum Gasteiger partial charge on any atom is -0.214 e. The van der Waals surface area contributed by atoms with Gasteiger partial charge in [0.2, 0.25) is 0 Å². The molecule has 2 heterocycles. The van der Waals surface area contributed by atoms with Crippen molar-refractivity contribution in [1.29, 1.82) is 0 Å². The van der Waals surface area contributed by atoms with Gasteiger partial charge in [-0.3, -0.25) is 0 Å². The van der Waals surface area contributed by atoms with E-state index in [4.69, 9.17) is 0 Å². The van der Waals surface area contributed by atoms with Gasteiger partial charge in [0.05, 0.1) is 5.69 Å². The summed E-state index contributed by atoms with van der Waals surface area (Å²) >= 11 is 1.15. The zero-order chi connectivity index (χ0) is 19.6. The first kappa shape index (κ1) is 17.8. The zero-order valence-corrected chi connectivity index (χ0v) is 17.6. The summed E-state index contributed by atoms with van der Waals surface area (Å²) in [6.45, 7) is 0. The Hall–Kier alpha value is -2.06. The number of hydrogen-bond acceptors (Lipinski definition) is 6. The van der Waals surface area contributed by atoms with Crippen molar-refractivity contribution >= 4 is 21.2 Å². The van der Waals surface area contributed by atoms with Crippen LogP contribution in [0.25, 0.3) is 5.69 Å². The summed E-state index contributed by atoms with van der Waals surface area (Å²) in [6, 6.07) is 11.6. The molecule has 0 spiro atoms. The number of tetrazole rings is 1. The Morgan fingerprint density at radius 3 is 2.21 bits per heavy atom. The van der Waals surface area contributed by atoms with E-state index in [2.05, 4.69) is 27.5 Å². The van der Waals surface area contributed by atoms with Crippen LogP contribution < -0.4 is 0 Å². The van der Waals surface area contributed by atoms with Crippen LogP contribution in [0.5, 0.6) is 0 Å². The van der Waals surface area contributed by atoms with Crippen LogP contribution in [-0.4, -0.2) is 28.6 Å². The summed E-state index contributed by atoms with van der Waals surface area (Å²) in [5.74, 6) is 2.72. The molecule has 4 fully saturated rings. The topological polar surface area (TPSA) is 77.7 Å². The van der Waals surface area contributed by atoms with E-state index in [0.29, 0.717) is 5.41 Å². The van der Waals surface area contributed by atoms with Crippen molar-refractivity contribution in [3.05, 3.63) is 47.3 Å². The number of nitrogens with zero attached hydrogens (tertiary/aromatic N) is 4. The highest BCUT2D eigenvalue weighted by Crippen LogP contribution is 2.60. The van der Waals surface area contributed by atoms with Crippen LogP contribution in [0.4, 0.5) is 0 Å². The molecule has 8 heteroatoms. The SMILES string of the molecule is O=S(=O)(c1nnn(-c2ccc(C34CC5CC(CC(C5)C3)C4)cc2)n1)c1cccs1. The Balaban J connectivity index is 1.29. The predicted octanol–water partition coefficient (Wildman–Crippen LogP) is 4.02. The molecular weight excluding hydrogens is 404 g/mol.